The first-order chi connectivity index (χ1) is 16.0. The van der Waals surface area contributed by atoms with Gasteiger partial charge in [0.25, 0.3) is 5.91 Å². The zero-order valence-corrected chi connectivity index (χ0v) is 18.8. The Bertz CT molecular complexity index is 966. The zero-order chi connectivity index (χ0) is 23.6. The van der Waals surface area contributed by atoms with Crippen LogP contribution in [0, 0.1) is 5.92 Å². The van der Waals surface area contributed by atoms with Crippen LogP contribution in [0.3, 0.4) is 0 Å². The van der Waals surface area contributed by atoms with E-state index in [4.69, 9.17) is 14.2 Å². The summed E-state index contributed by atoms with van der Waals surface area (Å²) in [5, 5.41) is 0. The number of nitrogens with zero attached hydrogens (tertiary/aromatic N) is 1. The van der Waals surface area contributed by atoms with Gasteiger partial charge in [0.1, 0.15) is 5.75 Å². The Morgan fingerprint density at radius 3 is 2.48 bits per heavy atom. The molecule has 9 heteroatoms. The van der Waals surface area contributed by atoms with Crippen molar-refractivity contribution in [1.82, 2.24) is 15.8 Å². The quantitative estimate of drug-likeness (QED) is 0.591. The molecule has 33 heavy (non-hydrogen) atoms. The van der Waals surface area contributed by atoms with Gasteiger partial charge < -0.3 is 19.1 Å². The minimum atomic E-state index is -0.480. The molecule has 3 rings (SSSR count). The van der Waals surface area contributed by atoms with E-state index in [-0.39, 0.29) is 24.8 Å². The van der Waals surface area contributed by atoms with Crippen LogP contribution in [0.25, 0.3) is 0 Å². The number of ether oxygens (including phenoxy) is 3. The van der Waals surface area contributed by atoms with Crippen LogP contribution in [-0.2, 0) is 9.59 Å². The number of nitrogens with one attached hydrogen (secondary N) is 2. The first kappa shape index (κ1) is 23.9. The van der Waals surface area contributed by atoms with Gasteiger partial charge >= 0.3 is 0 Å². The molecule has 0 radical (unpaired) electrons. The molecule has 2 aromatic rings. The maximum Gasteiger partial charge on any atom is 0.269 e. The molecule has 1 saturated heterocycles. The summed E-state index contributed by atoms with van der Waals surface area (Å²) in [4.78, 5) is 39.2. The Labute approximate surface area is 193 Å². The number of carbonyl (C=O) groups is 3. The molecule has 0 spiro atoms. The molecule has 2 aromatic carbocycles. The molecule has 1 aliphatic heterocycles. The van der Waals surface area contributed by atoms with Gasteiger partial charge in [-0.05, 0) is 43.2 Å². The highest BCUT2D eigenvalue weighted by molar-refractivity contribution is 5.96. The lowest BCUT2D eigenvalue weighted by atomic mass is 9.97. The van der Waals surface area contributed by atoms with E-state index in [2.05, 4.69) is 10.9 Å². The van der Waals surface area contributed by atoms with Crippen LogP contribution in [0.2, 0.25) is 0 Å². The molecule has 0 bridgehead atoms. The fraction of sp³-hybridized carbons (Fsp3) is 0.375. The summed E-state index contributed by atoms with van der Waals surface area (Å²) in [6.07, 6.45) is 1.59. The topological polar surface area (TPSA) is 106 Å². The van der Waals surface area contributed by atoms with Gasteiger partial charge in [0.2, 0.25) is 11.8 Å². The van der Waals surface area contributed by atoms with Crippen molar-refractivity contribution >= 4 is 17.7 Å². The molecule has 1 heterocycles. The SMILES string of the molecule is COc1ccc(C(=O)NNC(=O)C2CCCN(C(=O)CCOc3ccccc3)C2)cc1OC. The van der Waals surface area contributed by atoms with E-state index in [0.717, 1.165) is 0 Å². The normalized spacial score (nSPS) is 15.3. The Hall–Kier alpha value is -3.75. The van der Waals surface area contributed by atoms with Crippen molar-refractivity contribution in [3.8, 4) is 17.2 Å². The molecule has 0 saturated carbocycles. The number of methoxy groups -OCH3 is 2. The molecule has 1 fully saturated rings. The van der Waals surface area contributed by atoms with Gasteiger partial charge in [-0.25, -0.2) is 0 Å². The largest absolute Gasteiger partial charge is 0.493 e. The number of benzene rings is 2. The van der Waals surface area contributed by atoms with E-state index < -0.39 is 11.8 Å². The van der Waals surface area contributed by atoms with Crippen LogP contribution < -0.4 is 25.1 Å². The Balaban J connectivity index is 1.46. The van der Waals surface area contributed by atoms with E-state index >= 15 is 0 Å². The fourth-order valence-electron chi connectivity index (χ4n) is 3.62. The number of piperidine rings is 1. The van der Waals surface area contributed by atoms with Crippen molar-refractivity contribution in [1.29, 1.82) is 0 Å². The van der Waals surface area contributed by atoms with Gasteiger partial charge in [-0.3, -0.25) is 25.2 Å². The highest BCUT2D eigenvalue weighted by Crippen LogP contribution is 2.27. The van der Waals surface area contributed by atoms with Crippen LogP contribution in [0.1, 0.15) is 29.6 Å². The van der Waals surface area contributed by atoms with Crippen molar-refractivity contribution in [3.63, 3.8) is 0 Å². The van der Waals surface area contributed by atoms with Gasteiger partial charge in [-0.15, -0.1) is 0 Å². The third kappa shape index (κ3) is 6.61. The van der Waals surface area contributed by atoms with Crippen LogP contribution in [-0.4, -0.2) is 56.5 Å². The molecule has 1 atom stereocenters. The molecule has 2 N–H and O–H groups in total. The highest BCUT2D eigenvalue weighted by Gasteiger charge is 2.28. The van der Waals surface area contributed by atoms with Crippen molar-refractivity contribution < 1.29 is 28.6 Å². The minimum Gasteiger partial charge on any atom is -0.493 e. The summed E-state index contributed by atoms with van der Waals surface area (Å²) in [5.41, 5.74) is 5.20. The maximum atomic E-state index is 12.6. The Morgan fingerprint density at radius 1 is 1.00 bits per heavy atom. The van der Waals surface area contributed by atoms with E-state index in [1.165, 1.54) is 20.3 Å². The number of amides is 3. The first-order valence-electron chi connectivity index (χ1n) is 10.8. The highest BCUT2D eigenvalue weighted by atomic mass is 16.5. The van der Waals surface area contributed by atoms with Gasteiger partial charge in [-0.1, -0.05) is 18.2 Å². The Morgan fingerprint density at radius 2 is 1.76 bits per heavy atom. The summed E-state index contributed by atoms with van der Waals surface area (Å²) >= 11 is 0. The lowest BCUT2D eigenvalue weighted by molar-refractivity contribution is -0.136. The fourth-order valence-corrected chi connectivity index (χ4v) is 3.62. The molecule has 0 aliphatic carbocycles. The predicted molar refractivity (Wildman–Crippen MR) is 121 cm³/mol. The number of hydrogen-bond acceptors (Lipinski definition) is 6. The summed E-state index contributed by atoms with van der Waals surface area (Å²) in [6, 6.07) is 14.0. The van der Waals surface area contributed by atoms with Crippen LogP contribution in [0.5, 0.6) is 17.2 Å². The van der Waals surface area contributed by atoms with Crippen molar-refractivity contribution in [2.45, 2.75) is 19.3 Å². The molecular formula is C24H29N3O6. The number of hydrazine groups is 1. The number of rotatable bonds is 8. The molecule has 9 nitrogen and oxygen atoms in total. The second-order valence-electron chi connectivity index (χ2n) is 7.60. The van der Waals surface area contributed by atoms with E-state index in [0.29, 0.717) is 48.7 Å². The minimum absolute atomic E-state index is 0.0576. The monoisotopic (exact) mass is 455 g/mol. The second-order valence-corrected chi connectivity index (χ2v) is 7.60. The second kappa shape index (κ2) is 11.8. The standard InChI is InChI=1S/C24H29N3O6/c1-31-20-11-10-17(15-21(20)32-2)23(29)25-26-24(30)18-7-6-13-27(16-18)22(28)12-14-33-19-8-4-3-5-9-19/h3-5,8-11,15,18H,6-7,12-14,16H2,1-2H3,(H,25,29)(H,26,30). The molecule has 176 valence electrons. The third-order valence-corrected chi connectivity index (χ3v) is 5.42. The summed E-state index contributed by atoms with van der Waals surface area (Å²) in [6.45, 7) is 1.19. The lowest BCUT2D eigenvalue weighted by Gasteiger charge is -2.32. The van der Waals surface area contributed by atoms with E-state index in [9.17, 15) is 14.4 Å². The molecule has 1 unspecified atom stereocenters. The van der Waals surface area contributed by atoms with Gasteiger partial charge in [-0.2, -0.15) is 0 Å². The number of carbonyl (C=O) groups excluding carboxylic acids is 3. The predicted octanol–water partition coefficient (Wildman–Crippen LogP) is 2.17. The van der Waals surface area contributed by atoms with Crippen molar-refractivity contribution in [3.05, 3.63) is 54.1 Å². The molecular weight excluding hydrogens is 426 g/mol. The van der Waals surface area contributed by atoms with Crippen LogP contribution >= 0.6 is 0 Å². The average molecular weight is 456 g/mol. The van der Waals surface area contributed by atoms with Crippen molar-refractivity contribution in [2.75, 3.05) is 33.9 Å². The third-order valence-electron chi connectivity index (χ3n) is 5.42. The molecule has 0 aromatic heterocycles. The van der Waals surface area contributed by atoms with Gasteiger partial charge in [0.15, 0.2) is 11.5 Å². The van der Waals surface area contributed by atoms with E-state index in [1.54, 1.807) is 17.0 Å². The lowest BCUT2D eigenvalue weighted by Crippen LogP contribution is -2.50. The maximum absolute atomic E-state index is 12.6. The first-order valence-corrected chi connectivity index (χ1v) is 10.8. The van der Waals surface area contributed by atoms with Crippen LogP contribution in [0.15, 0.2) is 48.5 Å². The van der Waals surface area contributed by atoms with Gasteiger partial charge in [0.05, 0.1) is 33.2 Å². The molecule has 1 aliphatic rings. The summed E-state index contributed by atoms with van der Waals surface area (Å²) in [5.74, 6) is 0.356. The van der Waals surface area contributed by atoms with Crippen LogP contribution in [0.4, 0.5) is 0 Å². The van der Waals surface area contributed by atoms with Crippen molar-refractivity contribution in [2.24, 2.45) is 5.92 Å². The zero-order valence-electron chi connectivity index (χ0n) is 18.8. The number of para-hydroxylation sites is 1. The smallest absolute Gasteiger partial charge is 0.269 e. The number of likely N-dealkylation sites (tertiary alicyclic amines) is 1. The number of hydrogen-bond donors (Lipinski definition) is 2. The molecule has 3 amide bonds. The average Bonchev–Trinajstić information content (AvgIpc) is 2.87. The summed E-state index contributed by atoms with van der Waals surface area (Å²) < 4.78 is 15.9. The Kier molecular flexibility index (Phi) is 8.51. The van der Waals surface area contributed by atoms with Gasteiger partial charge in [0, 0.05) is 18.7 Å². The van der Waals surface area contributed by atoms with E-state index in [1.807, 2.05) is 30.3 Å². The summed E-state index contributed by atoms with van der Waals surface area (Å²) in [7, 11) is 2.98.